The predicted octanol–water partition coefficient (Wildman–Crippen LogP) is -0.553. The van der Waals surface area contributed by atoms with Crippen molar-refractivity contribution in [1.29, 1.82) is 0 Å². The van der Waals surface area contributed by atoms with E-state index in [9.17, 15) is 19.2 Å². The van der Waals surface area contributed by atoms with Crippen LogP contribution in [-0.4, -0.2) is 35.2 Å². The molecule has 1 aromatic carbocycles. The molecule has 1 fully saturated rings. The summed E-state index contributed by atoms with van der Waals surface area (Å²) >= 11 is 0. The number of imide groups is 1. The van der Waals surface area contributed by atoms with Crippen molar-refractivity contribution >= 4 is 23.8 Å². The Balaban J connectivity index is 2.02. The summed E-state index contributed by atoms with van der Waals surface area (Å²) in [5, 5.41) is 2.51. The molecule has 5 amide bonds. The van der Waals surface area contributed by atoms with Crippen molar-refractivity contribution in [2.75, 3.05) is 6.54 Å². The Morgan fingerprint density at radius 1 is 1.19 bits per heavy atom. The van der Waals surface area contributed by atoms with Crippen molar-refractivity contribution in [2.24, 2.45) is 0 Å². The van der Waals surface area contributed by atoms with Gasteiger partial charge in [-0.15, -0.1) is 0 Å². The summed E-state index contributed by atoms with van der Waals surface area (Å²) in [5.41, 5.74) is 4.82. The average Bonchev–Trinajstić information content (AvgIpc) is 2.74. The van der Waals surface area contributed by atoms with Crippen LogP contribution < -0.4 is 16.2 Å². The minimum absolute atomic E-state index is 0.456. The highest BCUT2D eigenvalue weighted by Gasteiger charge is 2.39. The van der Waals surface area contributed by atoms with Gasteiger partial charge in [0.2, 0.25) is 5.91 Å². The fraction of sp³-hybridized carbons (Fsp3) is 0.231. The number of nitrogens with zero attached hydrogens (tertiary/aromatic N) is 1. The molecule has 0 aliphatic carbocycles. The zero-order valence-electron chi connectivity index (χ0n) is 11.3. The number of carbonyl (C=O) groups is 4. The van der Waals surface area contributed by atoms with Crippen LogP contribution in [0.2, 0.25) is 0 Å². The van der Waals surface area contributed by atoms with Gasteiger partial charge in [-0.1, -0.05) is 30.3 Å². The van der Waals surface area contributed by atoms with Crippen molar-refractivity contribution in [3.8, 4) is 0 Å². The molecule has 1 atom stereocenters. The minimum Gasteiger partial charge on any atom is -0.322 e. The molecule has 0 aromatic heterocycles. The Morgan fingerprint density at radius 2 is 1.86 bits per heavy atom. The third kappa shape index (κ3) is 3.35. The molecular weight excluding hydrogens is 276 g/mol. The molecule has 8 nitrogen and oxygen atoms in total. The number of nitrogens with one attached hydrogen (secondary N) is 3. The van der Waals surface area contributed by atoms with Gasteiger partial charge in [0.1, 0.15) is 12.6 Å². The van der Waals surface area contributed by atoms with Gasteiger partial charge in [0.25, 0.3) is 11.8 Å². The second-order valence-corrected chi connectivity index (χ2v) is 4.45. The number of hydrogen-bond donors (Lipinski definition) is 3. The van der Waals surface area contributed by atoms with E-state index < -0.39 is 36.3 Å². The van der Waals surface area contributed by atoms with Crippen LogP contribution in [-0.2, 0) is 14.4 Å². The van der Waals surface area contributed by atoms with Crippen LogP contribution in [0.4, 0.5) is 4.79 Å². The summed E-state index contributed by atoms with van der Waals surface area (Å²) in [5.74, 6) is -1.63. The second kappa shape index (κ2) is 6.04. The molecule has 1 saturated heterocycles. The third-order valence-electron chi connectivity index (χ3n) is 2.84. The zero-order valence-corrected chi connectivity index (χ0v) is 11.3. The highest BCUT2D eigenvalue weighted by atomic mass is 16.2. The highest BCUT2D eigenvalue weighted by molar-refractivity contribution is 6.06. The number of carbonyl (C=O) groups excluding carboxylic acids is 4. The monoisotopic (exact) mass is 290 g/mol. The summed E-state index contributed by atoms with van der Waals surface area (Å²) in [4.78, 5) is 46.9. The van der Waals surface area contributed by atoms with E-state index in [-0.39, 0.29) is 0 Å². The van der Waals surface area contributed by atoms with Crippen molar-refractivity contribution in [1.82, 2.24) is 21.1 Å². The van der Waals surface area contributed by atoms with E-state index in [1.54, 1.807) is 30.3 Å². The van der Waals surface area contributed by atoms with Gasteiger partial charge < -0.3 is 5.32 Å². The largest absolute Gasteiger partial charge is 0.325 e. The summed E-state index contributed by atoms with van der Waals surface area (Å²) in [6.45, 7) is 0.758. The van der Waals surface area contributed by atoms with Crippen LogP contribution in [0.1, 0.15) is 18.5 Å². The van der Waals surface area contributed by atoms with Gasteiger partial charge in [0.05, 0.1) is 0 Å². The Kier molecular flexibility index (Phi) is 4.17. The Bertz CT molecular complexity index is 587. The molecule has 0 spiro atoms. The van der Waals surface area contributed by atoms with Gasteiger partial charge in [-0.2, -0.15) is 0 Å². The van der Waals surface area contributed by atoms with Crippen LogP contribution in [0.3, 0.4) is 0 Å². The molecule has 0 saturated carbocycles. The number of hydrazine groups is 1. The molecular formula is C13H14N4O4. The number of urea groups is 1. The van der Waals surface area contributed by atoms with Gasteiger partial charge in [0.15, 0.2) is 0 Å². The standard InChI is InChI=1S/C13H14N4O4/c1-8(18)15-16-10(19)7-17-12(20)11(14-13(17)21)9-5-3-2-4-6-9/h2-6,11H,7H2,1H3,(H,14,21)(H,15,18)(H,16,19). The van der Waals surface area contributed by atoms with Gasteiger partial charge in [-0.25, -0.2) is 4.79 Å². The number of benzene rings is 1. The number of hydrogen-bond acceptors (Lipinski definition) is 4. The summed E-state index contributed by atoms with van der Waals surface area (Å²) in [7, 11) is 0. The maximum Gasteiger partial charge on any atom is 0.325 e. The third-order valence-corrected chi connectivity index (χ3v) is 2.84. The van der Waals surface area contributed by atoms with E-state index >= 15 is 0 Å². The molecule has 0 bridgehead atoms. The quantitative estimate of drug-likeness (QED) is 0.512. The zero-order chi connectivity index (χ0) is 15.4. The van der Waals surface area contributed by atoms with E-state index in [2.05, 4.69) is 16.2 Å². The molecule has 3 N–H and O–H groups in total. The van der Waals surface area contributed by atoms with Crippen molar-refractivity contribution in [3.05, 3.63) is 35.9 Å². The first kappa shape index (κ1) is 14.5. The predicted molar refractivity (Wildman–Crippen MR) is 71.4 cm³/mol. The molecule has 0 radical (unpaired) electrons. The average molecular weight is 290 g/mol. The Morgan fingerprint density at radius 3 is 2.48 bits per heavy atom. The fourth-order valence-corrected chi connectivity index (χ4v) is 1.88. The van der Waals surface area contributed by atoms with E-state index in [0.717, 1.165) is 4.90 Å². The van der Waals surface area contributed by atoms with Gasteiger partial charge in [-0.05, 0) is 5.56 Å². The molecule has 8 heteroatoms. The van der Waals surface area contributed by atoms with Crippen molar-refractivity contribution < 1.29 is 19.2 Å². The van der Waals surface area contributed by atoms with Crippen LogP contribution >= 0.6 is 0 Å². The van der Waals surface area contributed by atoms with Crippen LogP contribution in [0.5, 0.6) is 0 Å². The Hall–Kier alpha value is -2.90. The lowest BCUT2D eigenvalue weighted by Crippen LogP contribution is -2.47. The minimum atomic E-state index is -0.799. The van der Waals surface area contributed by atoms with Crippen LogP contribution in [0, 0.1) is 0 Å². The lowest BCUT2D eigenvalue weighted by atomic mass is 10.1. The summed E-state index contributed by atoms with van der Waals surface area (Å²) in [6, 6.07) is 7.28. The topological polar surface area (TPSA) is 108 Å². The number of rotatable bonds is 3. The van der Waals surface area contributed by atoms with Crippen molar-refractivity contribution in [2.45, 2.75) is 13.0 Å². The van der Waals surface area contributed by atoms with E-state index in [1.165, 1.54) is 6.92 Å². The first-order chi connectivity index (χ1) is 9.99. The fourth-order valence-electron chi connectivity index (χ4n) is 1.88. The SMILES string of the molecule is CC(=O)NNC(=O)CN1C(=O)NC(c2ccccc2)C1=O. The molecule has 2 rings (SSSR count). The molecule has 1 heterocycles. The van der Waals surface area contributed by atoms with Gasteiger partial charge >= 0.3 is 6.03 Å². The first-order valence-corrected chi connectivity index (χ1v) is 6.21. The van der Waals surface area contributed by atoms with Gasteiger partial charge in [-0.3, -0.25) is 30.1 Å². The lowest BCUT2D eigenvalue weighted by molar-refractivity contribution is -0.133. The molecule has 21 heavy (non-hydrogen) atoms. The van der Waals surface area contributed by atoms with Crippen LogP contribution in [0.15, 0.2) is 30.3 Å². The van der Waals surface area contributed by atoms with Crippen LogP contribution in [0.25, 0.3) is 0 Å². The maximum absolute atomic E-state index is 12.2. The first-order valence-electron chi connectivity index (χ1n) is 6.21. The maximum atomic E-state index is 12.2. The molecule has 110 valence electrons. The van der Waals surface area contributed by atoms with Gasteiger partial charge in [0, 0.05) is 6.92 Å². The van der Waals surface area contributed by atoms with E-state index in [0.29, 0.717) is 5.56 Å². The van der Waals surface area contributed by atoms with E-state index in [4.69, 9.17) is 0 Å². The number of amides is 5. The summed E-state index contributed by atoms with van der Waals surface area (Å²) < 4.78 is 0. The Labute approximate surface area is 120 Å². The normalized spacial score (nSPS) is 17.4. The molecule has 1 unspecified atom stereocenters. The second-order valence-electron chi connectivity index (χ2n) is 4.45. The highest BCUT2D eigenvalue weighted by Crippen LogP contribution is 2.21. The van der Waals surface area contributed by atoms with E-state index in [1.807, 2.05) is 0 Å². The molecule has 1 aliphatic heterocycles. The van der Waals surface area contributed by atoms with Crippen molar-refractivity contribution in [3.63, 3.8) is 0 Å². The summed E-state index contributed by atoms with van der Waals surface area (Å²) in [6.07, 6.45) is 0. The molecule has 1 aromatic rings. The molecule has 1 aliphatic rings. The lowest BCUT2D eigenvalue weighted by Gasteiger charge is -2.13. The smallest absolute Gasteiger partial charge is 0.322 e.